The zero-order chi connectivity index (χ0) is 14.1. The van der Waals surface area contributed by atoms with Gasteiger partial charge in [-0.1, -0.05) is 37.5 Å². The minimum atomic E-state index is -0.861. The third-order valence-electron chi connectivity index (χ3n) is 4.31. The summed E-state index contributed by atoms with van der Waals surface area (Å²) >= 11 is 0. The lowest BCUT2D eigenvalue weighted by atomic mass is 9.86. The largest absolute Gasteiger partial charge is 0.478 e. The number of aromatic carboxylic acids is 1. The number of aryl methyl sites for hydroxylation is 1. The molecule has 0 radical (unpaired) electrons. The van der Waals surface area contributed by atoms with Gasteiger partial charge in [0.2, 0.25) is 0 Å². The van der Waals surface area contributed by atoms with Crippen LogP contribution >= 0.6 is 0 Å². The Balaban J connectivity index is 2.18. The summed E-state index contributed by atoms with van der Waals surface area (Å²) in [5.41, 5.74) is 3.24. The van der Waals surface area contributed by atoms with Crippen molar-refractivity contribution in [3.63, 3.8) is 0 Å². The Morgan fingerprint density at radius 2 is 2.00 bits per heavy atom. The zero-order valence-corrected chi connectivity index (χ0v) is 11.7. The second-order valence-electron chi connectivity index (χ2n) is 5.71. The van der Waals surface area contributed by atoms with Crippen molar-refractivity contribution in [2.75, 3.05) is 0 Å². The van der Waals surface area contributed by atoms with Crippen LogP contribution in [-0.2, 0) is 0 Å². The minimum absolute atomic E-state index is 0.388. The van der Waals surface area contributed by atoms with Gasteiger partial charge in [-0.25, -0.2) is 4.79 Å². The standard InChI is InChI=1S/C17H19NO2/c1-11-6-5-9-13-14(17(19)20)10-15(18-16(11)13)12-7-3-2-4-8-12/h5-6,9-10,12H,2-4,7-8H2,1H3,(H,19,20). The van der Waals surface area contributed by atoms with Crippen LogP contribution in [0, 0.1) is 6.92 Å². The molecule has 2 aromatic rings. The maximum atomic E-state index is 11.5. The molecule has 1 aliphatic carbocycles. The van der Waals surface area contributed by atoms with E-state index in [0.29, 0.717) is 11.5 Å². The van der Waals surface area contributed by atoms with E-state index in [9.17, 15) is 9.90 Å². The third kappa shape index (κ3) is 2.28. The van der Waals surface area contributed by atoms with Crippen molar-refractivity contribution in [2.45, 2.75) is 44.9 Å². The molecule has 1 aliphatic rings. The van der Waals surface area contributed by atoms with Crippen molar-refractivity contribution in [1.29, 1.82) is 0 Å². The zero-order valence-electron chi connectivity index (χ0n) is 11.7. The Bertz CT molecular complexity index is 657. The number of nitrogens with zero attached hydrogens (tertiary/aromatic N) is 1. The predicted octanol–water partition coefficient (Wildman–Crippen LogP) is 4.29. The average Bonchev–Trinajstić information content (AvgIpc) is 2.47. The molecular formula is C17H19NO2. The SMILES string of the molecule is Cc1cccc2c(C(=O)O)cc(C3CCCCC3)nc12. The van der Waals surface area contributed by atoms with Crippen LogP contribution in [0.3, 0.4) is 0 Å². The molecule has 0 aliphatic heterocycles. The molecule has 0 atom stereocenters. The fraction of sp³-hybridized carbons (Fsp3) is 0.412. The average molecular weight is 269 g/mol. The lowest BCUT2D eigenvalue weighted by Crippen LogP contribution is -2.09. The Morgan fingerprint density at radius 3 is 2.70 bits per heavy atom. The summed E-state index contributed by atoms with van der Waals surface area (Å²) in [4.78, 5) is 16.3. The summed E-state index contributed by atoms with van der Waals surface area (Å²) in [5, 5.41) is 10.2. The summed E-state index contributed by atoms with van der Waals surface area (Å²) in [6.45, 7) is 1.99. The van der Waals surface area contributed by atoms with Crippen molar-refractivity contribution < 1.29 is 9.90 Å². The molecule has 0 spiro atoms. The highest BCUT2D eigenvalue weighted by atomic mass is 16.4. The van der Waals surface area contributed by atoms with Crippen molar-refractivity contribution in [3.05, 3.63) is 41.1 Å². The third-order valence-corrected chi connectivity index (χ3v) is 4.31. The van der Waals surface area contributed by atoms with E-state index in [-0.39, 0.29) is 0 Å². The van der Waals surface area contributed by atoms with Gasteiger partial charge in [-0.15, -0.1) is 0 Å². The molecular weight excluding hydrogens is 250 g/mol. The number of carbonyl (C=O) groups is 1. The highest BCUT2D eigenvalue weighted by Crippen LogP contribution is 2.34. The first-order valence-electron chi connectivity index (χ1n) is 7.30. The molecule has 3 rings (SSSR count). The van der Waals surface area contributed by atoms with Crippen molar-refractivity contribution in [2.24, 2.45) is 0 Å². The fourth-order valence-corrected chi connectivity index (χ4v) is 3.20. The molecule has 0 saturated heterocycles. The lowest BCUT2D eigenvalue weighted by Gasteiger charge is -2.22. The van der Waals surface area contributed by atoms with Gasteiger partial charge in [-0.3, -0.25) is 4.98 Å². The number of aromatic nitrogens is 1. The minimum Gasteiger partial charge on any atom is -0.478 e. The van der Waals surface area contributed by atoms with E-state index in [0.717, 1.165) is 35.0 Å². The van der Waals surface area contributed by atoms with Crippen LogP contribution < -0.4 is 0 Å². The van der Waals surface area contributed by atoms with Crippen molar-refractivity contribution in [1.82, 2.24) is 4.98 Å². The maximum Gasteiger partial charge on any atom is 0.336 e. The molecule has 3 nitrogen and oxygen atoms in total. The van der Waals surface area contributed by atoms with Crippen LogP contribution in [0.15, 0.2) is 24.3 Å². The monoisotopic (exact) mass is 269 g/mol. The second kappa shape index (κ2) is 5.23. The second-order valence-corrected chi connectivity index (χ2v) is 5.71. The first-order chi connectivity index (χ1) is 9.66. The fourth-order valence-electron chi connectivity index (χ4n) is 3.20. The van der Waals surface area contributed by atoms with Gasteiger partial charge in [0.05, 0.1) is 11.1 Å². The van der Waals surface area contributed by atoms with Crippen molar-refractivity contribution in [3.8, 4) is 0 Å². The van der Waals surface area contributed by atoms with E-state index < -0.39 is 5.97 Å². The van der Waals surface area contributed by atoms with Crippen LogP contribution in [0.4, 0.5) is 0 Å². The highest BCUT2D eigenvalue weighted by Gasteiger charge is 2.20. The lowest BCUT2D eigenvalue weighted by molar-refractivity contribution is 0.0699. The summed E-state index contributed by atoms with van der Waals surface area (Å²) < 4.78 is 0. The molecule has 0 amide bonds. The molecule has 3 heteroatoms. The number of fused-ring (bicyclic) bond motifs is 1. The molecule has 0 unspecified atom stereocenters. The molecule has 0 bridgehead atoms. The van der Waals surface area contributed by atoms with E-state index in [1.807, 2.05) is 25.1 Å². The Hall–Kier alpha value is -1.90. The Kier molecular flexibility index (Phi) is 3.43. The van der Waals surface area contributed by atoms with Gasteiger partial charge >= 0.3 is 5.97 Å². The smallest absolute Gasteiger partial charge is 0.336 e. The van der Waals surface area contributed by atoms with Gasteiger partial charge < -0.3 is 5.11 Å². The quantitative estimate of drug-likeness (QED) is 0.884. The summed E-state index contributed by atoms with van der Waals surface area (Å²) in [6.07, 6.45) is 5.99. The van der Waals surface area contributed by atoms with Gasteiger partial charge in [-0.2, -0.15) is 0 Å². The van der Waals surface area contributed by atoms with E-state index in [2.05, 4.69) is 0 Å². The predicted molar refractivity (Wildman–Crippen MR) is 79.3 cm³/mol. The number of carboxylic acid groups (broad SMARTS) is 1. The number of carboxylic acids is 1. The number of benzene rings is 1. The van der Waals surface area contributed by atoms with E-state index in [4.69, 9.17) is 4.98 Å². The highest BCUT2D eigenvalue weighted by molar-refractivity contribution is 6.03. The summed E-state index contributed by atoms with van der Waals surface area (Å²) in [7, 11) is 0. The number of hydrogen-bond donors (Lipinski definition) is 1. The first-order valence-corrected chi connectivity index (χ1v) is 7.30. The molecule has 1 heterocycles. The van der Waals surface area contributed by atoms with Crippen LogP contribution in [-0.4, -0.2) is 16.1 Å². The van der Waals surface area contributed by atoms with Gasteiger partial charge in [0, 0.05) is 17.0 Å². The van der Waals surface area contributed by atoms with E-state index in [1.54, 1.807) is 6.07 Å². The molecule has 1 saturated carbocycles. The Labute approximate surface area is 118 Å². The van der Waals surface area contributed by atoms with E-state index >= 15 is 0 Å². The molecule has 20 heavy (non-hydrogen) atoms. The molecule has 104 valence electrons. The molecule has 1 N–H and O–H groups in total. The normalized spacial score (nSPS) is 16.4. The van der Waals surface area contributed by atoms with Crippen LogP contribution in [0.2, 0.25) is 0 Å². The van der Waals surface area contributed by atoms with Crippen LogP contribution in [0.1, 0.15) is 59.6 Å². The Morgan fingerprint density at radius 1 is 1.25 bits per heavy atom. The molecule has 1 aromatic heterocycles. The molecule has 1 aromatic carbocycles. The number of rotatable bonds is 2. The topological polar surface area (TPSA) is 50.2 Å². The summed E-state index contributed by atoms with van der Waals surface area (Å²) in [6, 6.07) is 7.53. The van der Waals surface area contributed by atoms with Gasteiger partial charge in [-0.05, 0) is 31.4 Å². The van der Waals surface area contributed by atoms with Gasteiger partial charge in [0.25, 0.3) is 0 Å². The van der Waals surface area contributed by atoms with Crippen molar-refractivity contribution >= 4 is 16.9 Å². The van der Waals surface area contributed by atoms with E-state index in [1.165, 1.54) is 19.3 Å². The summed E-state index contributed by atoms with van der Waals surface area (Å²) in [5.74, 6) is -0.439. The number of pyridine rings is 1. The first kappa shape index (κ1) is 13.1. The van der Waals surface area contributed by atoms with Crippen LogP contribution in [0.25, 0.3) is 10.9 Å². The number of hydrogen-bond acceptors (Lipinski definition) is 2. The number of para-hydroxylation sites is 1. The van der Waals surface area contributed by atoms with Crippen LogP contribution in [0.5, 0.6) is 0 Å². The molecule has 1 fully saturated rings. The van der Waals surface area contributed by atoms with Gasteiger partial charge in [0.1, 0.15) is 0 Å². The van der Waals surface area contributed by atoms with Gasteiger partial charge in [0.15, 0.2) is 0 Å². The maximum absolute atomic E-state index is 11.5.